The molecular formula is C17H21N. The standard InChI is InChI=1S/C17H21N/c1-14-8-6-9-15(2)17(14)18-13-7-12-16-10-4-3-5-11-16/h3-6,8-11,18H,7,12-13H2,1-2H3. The van der Waals surface area contributed by atoms with Gasteiger partial charge < -0.3 is 5.32 Å². The molecule has 1 nitrogen and oxygen atoms in total. The summed E-state index contributed by atoms with van der Waals surface area (Å²) in [5, 5.41) is 3.55. The fraction of sp³-hybridized carbons (Fsp3) is 0.294. The van der Waals surface area contributed by atoms with Crippen molar-refractivity contribution in [2.24, 2.45) is 0 Å². The molecule has 0 atom stereocenters. The number of hydrogen-bond donors (Lipinski definition) is 1. The molecule has 0 saturated heterocycles. The van der Waals surface area contributed by atoms with Gasteiger partial charge in [0.2, 0.25) is 0 Å². The highest BCUT2D eigenvalue weighted by atomic mass is 14.9. The van der Waals surface area contributed by atoms with Gasteiger partial charge in [-0.1, -0.05) is 48.5 Å². The topological polar surface area (TPSA) is 12.0 Å². The van der Waals surface area contributed by atoms with Crippen LogP contribution in [0.15, 0.2) is 48.5 Å². The van der Waals surface area contributed by atoms with E-state index < -0.39 is 0 Å². The zero-order valence-corrected chi connectivity index (χ0v) is 11.2. The van der Waals surface area contributed by atoms with E-state index in [-0.39, 0.29) is 0 Å². The van der Waals surface area contributed by atoms with Gasteiger partial charge in [0, 0.05) is 12.2 Å². The second-order valence-electron chi connectivity index (χ2n) is 4.78. The van der Waals surface area contributed by atoms with E-state index in [1.54, 1.807) is 0 Å². The number of benzene rings is 2. The summed E-state index contributed by atoms with van der Waals surface area (Å²) in [4.78, 5) is 0. The van der Waals surface area contributed by atoms with E-state index in [0.717, 1.165) is 19.4 Å². The van der Waals surface area contributed by atoms with Crippen molar-refractivity contribution in [1.82, 2.24) is 0 Å². The van der Waals surface area contributed by atoms with Gasteiger partial charge in [-0.25, -0.2) is 0 Å². The fourth-order valence-electron chi connectivity index (χ4n) is 2.24. The molecule has 0 aliphatic rings. The van der Waals surface area contributed by atoms with Gasteiger partial charge >= 0.3 is 0 Å². The summed E-state index contributed by atoms with van der Waals surface area (Å²) in [6.07, 6.45) is 2.30. The van der Waals surface area contributed by atoms with E-state index in [1.165, 1.54) is 22.4 Å². The quantitative estimate of drug-likeness (QED) is 0.765. The van der Waals surface area contributed by atoms with Crippen molar-refractivity contribution in [3.05, 3.63) is 65.2 Å². The summed E-state index contributed by atoms with van der Waals surface area (Å²) < 4.78 is 0. The Kier molecular flexibility index (Phi) is 4.40. The first-order chi connectivity index (χ1) is 8.77. The lowest BCUT2D eigenvalue weighted by molar-refractivity contribution is 0.861. The SMILES string of the molecule is Cc1cccc(C)c1NCCCc1ccccc1. The van der Waals surface area contributed by atoms with Crippen LogP contribution in [-0.4, -0.2) is 6.54 Å². The third-order valence-electron chi connectivity index (χ3n) is 3.27. The van der Waals surface area contributed by atoms with Crippen molar-refractivity contribution in [1.29, 1.82) is 0 Å². The van der Waals surface area contributed by atoms with Gasteiger partial charge in [-0.05, 0) is 43.4 Å². The highest BCUT2D eigenvalue weighted by Crippen LogP contribution is 2.19. The van der Waals surface area contributed by atoms with Gasteiger partial charge in [-0.3, -0.25) is 0 Å². The number of hydrogen-bond acceptors (Lipinski definition) is 1. The van der Waals surface area contributed by atoms with E-state index in [0.29, 0.717) is 0 Å². The first kappa shape index (κ1) is 12.7. The van der Waals surface area contributed by atoms with Gasteiger partial charge in [-0.2, -0.15) is 0 Å². The predicted octanol–water partition coefficient (Wildman–Crippen LogP) is 4.35. The van der Waals surface area contributed by atoms with Crippen molar-refractivity contribution in [2.75, 3.05) is 11.9 Å². The van der Waals surface area contributed by atoms with Gasteiger partial charge in [0.25, 0.3) is 0 Å². The Hall–Kier alpha value is -1.76. The Labute approximate surface area is 110 Å². The van der Waals surface area contributed by atoms with Crippen LogP contribution in [0.3, 0.4) is 0 Å². The van der Waals surface area contributed by atoms with Gasteiger partial charge in [-0.15, -0.1) is 0 Å². The summed E-state index contributed by atoms with van der Waals surface area (Å²) in [6.45, 7) is 5.35. The van der Waals surface area contributed by atoms with E-state index in [9.17, 15) is 0 Å². The van der Waals surface area contributed by atoms with Crippen LogP contribution in [-0.2, 0) is 6.42 Å². The molecule has 2 aromatic rings. The minimum atomic E-state index is 1.03. The second-order valence-corrected chi connectivity index (χ2v) is 4.78. The predicted molar refractivity (Wildman–Crippen MR) is 79.2 cm³/mol. The fourth-order valence-corrected chi connectivity index (χ4v) is 2.24. The second kappa shape index (κ2) is 6.25. The molecular weight excluding hydrogens is 218 g/mol. The van der Waals surface area contributed by atoms with Crippen LogP contribution in [0.1, 0.15) is 23.1 Å². The van der Waals surface area contributed by atoms with Crippen molar-refractivity contribution >= 4 is 5.69 Å². The summed E-state index contributed by atoms with van der Waals surface area (Å²) in [6, 6.07) is 17.1. The molecule has 94 valence electrons. The zero-order valence-electron chi connectivity index (χ0n) is 11.2. The Morgan fingerprint density at radius 1 is 0.833 bits per heavy atom. The van der Waals surface area contributed by atoms with Crippen LogP contribution in [0.4, 0.5) is 5.69 Å². The number of para-hydroxylation sites is 1. The molecule has 1 heteroatoms. The highest BCUT2D eigenvalue weighted by molar-refractivity contribution is 5.56. The maximum atomic E-state index is 3.55. The molecule has 0 bridgehead atoms. The Balaban J connectivity index is 1.82. The van der Waals surface area contributed by atoms with Gasteiger partial charge in [0.05, 0.1) is 0 Å². The summed E-state index contributed by atoms with van der Waals surface area (Å²) in [7, 11) is 0. The van der Waals surface area contributed by atoms with E-state index in [4.69, 9.17) is 0 Å². The molecule has 18 heavy (non-hydrogen) atoms. The molecule has 2 rings (SSSR count). The molecule has 0 heterocycles. The number of rotatable bonds is 5. The highest BCUT2D eigenvalue weighted by Gasteiger charge is 2.00. The first-order valence-electron chi connectivity index (χ1n) is 6.61. The maximum absolute atomic E-state index is 3.55. The Morgan fingerprint density at radius 2 is 1.50 bits per heavy atom. The lowest BCUT2D eigenvalue weighted by atomic mass is 10.1. The molecule has 0 fully saturated rings. The van der Waals surface area contributed by atoms with Gasteiger partial charge in [0.1, 0.15) is 0 Å². The largest absolute Gasteiger partial charge is 0.385 e. The average molecular weight is 239 g/mol. The molecule has 0 saturated carbocycles. The van der Waals surface area contributed by atoms with Crippen LogP contribution in [0.2, 0.25) is 0 Å². The van der Waals surface area contributed by atoms with Crippen LogP contribution in [0.5, 0.6) is 0 Å². The van der Waals surface area contributed by atoms with Crippen molar-refractivity contribution in [2.45, 2.75) is 26.7 Å². The summed E-state index contributed by atoms with van der Waals surface area (Å²) in [5.74, 6) is 0. The summed E-state index contributed by atoms with van der Waals surface area (Å²) >= 11 is 0. The summed E-state index contributed by atoms with van der Waals surface area (Å²) in [5.41, 5.74) is 5.37. The van der Waals surface area contributed by atoms with Crippen molar-refractivity contribution in [3.8, 4) is 0 Å². The van der Waals surface area contributed by atoms with Crippen LogP contribution in [0.25, 0.3) is 0 Å². The molecule has 0 aliphatic carbocycles. The Bertz CT molecular complexity index is 468. The first-order valence-corrected chi connectivity index (χ1v) is 6.61. The smallest absolute Gasteiger partial charge is 0.0399 e. The molecule has 0 radical (unpaired) electrons. The van der Waals surface area contributed by atoms with Crippen LogP contribution >= 0.6 is 0 Å². The maximum Gasteiger partial charge on any atom is 0.0399 e. The molecule has 0 aromatic heterocycles. The number of anilines is 1. The minimum Gasteiger partial charge on any atom is -0.385 e. The van der Waals surface area contributed by atoms with Crippen molar-refractivity contribution < 1.29 is 0 Å². The lowest BCUT2D eigenvalue weighted by Gasteiger charge is -2.12. The van der Waals surface area contributed by atoms with Crippen LogP contribution < -0.4 is 5.32 Å². The molecule has 2 aromatic carbocycles. The minimum absolute atomic E-state index is 1.03. The van der Waals surface area contributed by atoms with E-state index >= 15 is 0 Å². The van der Waals surface area contributed by atoms with Gasteiger partial charge in [0.15, 0.2) is 0 Å². The molecule has 0 spiro atoms. The number of aryl methyl sites for hydroxylation is 3. The molecule has 1 N–H and O–H groups in total. The van der Waals surface area contributed by atoms with E-state index in [1.807, 2.05) is 0 Å². The van der Waals surface area contributed by atoms with E-state index in [2.05, 4.69) is 67.7 Å². The third kappa shape index (κ3) is 3.36. The van der Waals surface area contributed by atoms with Crippen LogP contribution in [0, 0.1) is 13.8 Å². The number of nitrogens with one attached hydrogen (secondary N) is 1. The monoisotopic (exact) mass is 239 g/mol. The Morgan fingerprint density at radius 3 is 2.17 bits per heavy atom. The van der Waals surface area contributed by atoms with Crippen molar-refractivity contribution in [3.63, 3.8) is 0 Å². The molecule has 0 aliphatic heterocycles. The molecule has 0 amide bonds. The zero-order chi connectivity index (χ0) is 12.8. The normalized spacial score (nSPS) is 10.3. The lowest BCUT2D eigenvalue weighted by Crippen LogP contribution is -2.05. The molecule has 0 unspecified atom stereocenters. The average Bonchev–Trinajstić information content (AvgIpc) is 2.38. The third-order valence-corrected chi connectivity index (χ3v) is 3.27.